The van der Waals surface area contributed by atoms with Crippen molar-refractivity contribution in [2.45, 2.75) is 45.3 Å². The van der Waals surface area contributed by atoms with Crippen LogP contribution in [0.4, 0.5) is 0 Å². The van der Waals surface area contributed by atoms with Gasteiger partial charge >= 0.3 is 0 Å². The van der Waals surface area contributed by atoms with Gasteiger partial charge in [-0.05, 0) is 25.8 Å². The second kappa shape index (κ2) is 4.62. The first-order chi connectivity index (χ1) is 7.27. The Balaban J connectivity index is 1.95. The first-order valence-electron chi connectivity index (χ1n) is 5.52. The standard InChI is InChI=1S/C12H17NO2/c1-9-12(14)10(6-7-13-9)8-15-11-4-2-3-5-11/h6-7,11,14H,2-5,8H2,1H3. The zero-order chi connectivity index (χ0) is 10.7. The molecule has 1 heterocycles. The molecule has 0 amide bonds. The molecule has 0 spiro atoms. The fourth-order valence-electron chi connectivity index (χ4n) is 1.99. The maximum Gasteiger partial charge on any atom is 0.142 e. The molecule has 1 aromatic rings. The first kappa shape index (κ1) is 10.4. The molecule has 3 heteroatoms. The zero-order valence-corrected chi connectivity index (χ0v) is 9.07. The van der Waals surface area contributed by atoms with Crippen molar-refractivity contribution in [1.82, 2.24) is 4.98 Å². The Hall–Kier alpha value is -1.09. The molecule has 0 aromatic carbocycles. The fourth-order valence-corrected chi connectivity index (χ4v) is 1.99. The van der Waals surface area contributed by atoms with Gasteiger partial charge in [-0.15, -0.1) is 0 Å². The van der Waals surface area contributed by atoms with Gasteiger partial charge in [0.2, 0.25) is 0 Å². The van der Waals surface area contributed by atoms with Crippen LogP contribution in [0.1, 0.15) is 36.9 Å². The van der Waals surface area contributed by atoms with E-state index in [1.165, 1.54) is 12.8 Å². The van der Waals surface area contributed by atoms with Gasteiger partial charge in [0.05, 0.1) is 18.4 Å². The van der Waals surface area contributed by atoms with Gasteiger partial charge in [0, 0.05) is 11.8 Å². The van der Waals surface area contributed by atoms with Gasteiger partial charge in [-0.25, -0.2) is 0 Å². The van der Waals surface area contributed by atoms with Crippen LogP contribution in [-0.4, -0.2) is 16.2 Å². The highest BCUT2D eigenvalue weighted by Crippen LogP contribution is 2.25. The van der Waals surface area contributed by atoms with Gasteiger partial charge in [-0.3, -0.25) is 4.98 Å². The molecule has 1 fully saturated rings. The van der Waals surface area contributed by atoms with E-state index in [1.54, 1.807) is 13.1 Å². The van der Waals surface area contributed by atoms with Gasteiger partial charge in [-0.1, -0.05) is 12.8 Å². The van der Waals surface area contributed by atoms with Crippen LogP contribution in [0.15, 0.2) is 12.3 Å². The quantitative estimate of drug-likeness (QED) is 0.828. The predicted molar refractivity (Wildman–Crippen MR) is 57.7 cm³/mol. The van der Waals surface area contributed by atoms with E-state index in [9.17, 15) is 5.11 Å². The van der Waals surface area contributed by atoms with Crippen LogP contribution in [0.5, 0.6) is 5.75 Å². The lowest BCUT2D eigenvalue weighted by Gasteiger charge is -2.12. The SMILES string of the molecule is Cc1nccc(COC2CCCC2)c1O. The summed E-state index contributed by atoms with van der Waals surface area (Å²) >= 11 is 0. The molecule has 1 saturated carbocycles. The van der Waals surface area contributed by atoms with Gasteiger partial charge < -0.3 is 9.84 Å². The van der Waals surface area contributed by atoms with Crippen molar-refractivity contribution in [2.75, 3.05) is 0 Å². The van der Waals surface area contributed by atoms with Crippen molar-refractivity contribution >= 4 is 0 Å². The molecule has 0 atom stereocenters. The molecular formula is C12H17NO2. The summed E-state index contributed by atoms with van der Waals surface area (Å²) in [7, 11) is 0. The number of nitrogens with zero attached hydrogens (tertiary/aromatic N) is 1. The molecule has 0 aliphatic heterocycles. The van der Waals surface area contributed by atoms with Gasteiger partial charge in [0.25, 0.3) is 0 Å². The van der Waals surface area contributed by atoms with E-state index in [0.29, 0.717) is 18.4 Å². The number of aromatic hydroxyl groups is 1. The summed E-state index contributed by atoms with van der Waals surface area (Å²) in [5, 5.41) is 9.73. The number of ether oxygens (including phenoxy) is 1. The summed E-state index contributed by atoms with van der Waals surface area (Å²) in [5.74, 6) is 0.274. The maximum atomic E-state index is 9.73. The van der Waals surface area contributed by atoms with Gasteiger partial charge in [-0.2, -0.15) is 0 Å². The third-order valence-electron chi connectivity index (χ3n) is 2.97. The lowest BCUT2D eigenvalue weighted by molar-refractivity contribution is 0.0445. The van der Waals surface area contributed by atoms with E-state index in [-0.39, 0.29) is 5.75 Å². The molecular weight excluding hydrogens is 190 g/mol. The topological polar surface area (TPSA) is 42.4 Å². The smallest absolute Gasteiger partial charge is 0.142 e. The minimum Gasteiger partial charge on any atom is -0.506 e. The van der Waals surface area contributed by atoms with Crippen molar-refractivity contribution in [3.8, 4) is 5.75 Å². The number of pyridine rings is 1. The number of hydrogen-bond acceptors (Lipinski definition) is 3. The van der Waals surface area contributed by atoms with Crippen LogP contribution in [-0.2, 0) is 11.3 Å². The van der Waals surface area contributed by atoms with Crippen LogP contribution in [0.25, 0.3) is 0 Å². The Morgan fingerprint density at radius 2 is 2.20 bits per heavy atom. The van der Waals surface area contributed by atoms with E-state index in [1.807, 2.05) is 6.07 Å². The monoisotopic (exact) mass is 207 g/mol. The van der Waals surface area contributed by atoms with E-state index >= 15 is 0 Å². The van der Waals surface area contributed by atoms with Crippen molar-refractivity contribution in [3.05, 3.63) is 23.5 Å². The molecule has 1 aliphatic carbocycles. The molecule has 82 valence electrons. The van der Waals surface area contributed by atoms with Crippen molar-refractivity contribution in [1.29, 1.82) is 0 Å². The number of hydrogen-bond donors (Lipinski definition) is 1. The van der Waals surface area contributed by atoms with E-state index in [0.717, 1.165) is 18.4 Å². The Kier molecular flexibility index (Phi) is 3.21. The van der Waals surface area contributed by atoms with Crippen molar-refractivity contribution < 1.29 is 9.84 Å². The van der Waals surface area contributed by atoms with Crippen LogP contribution in [0, 0.1) is 6.92 Å². The summed E-state index contributed by atoms with van der Waals surface area (Å²) in [4.78, 5) is 4.01. The summed E-state index contributed by atoms with van der Waals surface area (Å²) < 4.78 is 5.74. The number of aryl methyl sites for hydroxylation is 1. The average Bonchev–Trinajstić information content (AvgIpc) is 2.73. The Bertz CT molecular complexity index is 332. The Labute approximate surface area is 90.1 Å². The predicted octanol–water partition coefficient (Wildman–Crippen LogP) is 2.55. The molecule has 2 rings (SSSR count). The number of rotatable bonds is 3. The third-order valence-corrected chi connectivity index (χ3v) is 2.97. The highest BCUT2D eigenvalue weighted by atomic mass is 16.5. The molecule has 0 saturated heterocycles. The Morgan fingerprint density at radius 1 is 1.47 bits per heavy atom. The van der Waals surface area contributed by atoms with E-state index in [2.05, 4.69) is 4.98 Å². The maximum absolute atomic E-state index is 9.73. The van der Waals surface area contributed by atoms with E-state index in [4.69, 9.17) is 4.74 Å². The van der Waals surface area contributed by atoms with Crippen molar-refractivity contribution in [3.63, 3.8) is 0 Å². The zero-order valence-electron chi connectivity index (χ0n) is 9.07. The molecule has 0 bridgehead atoms. The Morgan fingerprint density at radius 3 is 2.93 bits per heavy atom. The first-order valence-corrected chi connectivity index (χ1v) is 5.52. The molecule has 15 heavy (non-hydrogen) atoms. The largest absolute Gasteiger partial charge is 0.506 e. The van der Waals surface area contributed by atoms with E-state index < -0.39 is 0 Å². The van der Waals surface area contributed by atoms with Gasteiger partial charge in [0.1, 0.15) is 5.75 Å². The summed E-state index contributed by atoms with van der Waals surface area (Å²) in [6, 6.07) is 1.82. The molecule has 0 unspecified atom stereocenters. The average molecular weight is 207 g/mol. The van der Waals surface area contributed by atoms with Crippen LogP contribution in [0.3, 0.4) is 0 Å². The second-order valence-electron chi connectivity index (χ2n) is 4.12. The minimum absolute atomic E-state index is 0.274. The summed E-state index contributed by atoms with van der Waals surface area (Å²) in [6.07, 6.45) is 6.95. The van der Waals surface area contributed by atoms with Crippen LogP contribution < -0.4 is 0 Å². The van der Waals surface area contributed by atoms with Gasteiger partial charge in [0.15, 0.2) is 0 Å². The van der Waals surface area contributed by atoms with Crippen molar-refractivity contribution in [2.24, 2.45) is 0 Å². The highest BCUT2D eigenvalue weighted by Gasteiger charge is 2.16. The molecule has 0 radical (unpaired) electrons. The normalized spacial score (nSPS) is 17.1. The van der Waals surface area contributed by atoms with Crippen LogP contribution >= 0.6 is 0 Å². The lowest BCUT2D eigenvalue weighted by atomic mass is 10.2. The molecule has 3 nitrogen and oxygen atoms in total. The highest BCUT2D eigenvalue weighted by molar-refractivity contribution is 5.33. The molecule has 1 N–H and O–H groups in total. The molecule has 1 aliphatic rings. The third kappa shape index (κ3) is 2.48. The lowest BCUT2D eigenvalue weighted by Crippen LogP contribution is -2.07. The number of aromatic nitrogens is 1. The summed E-state index contributed by atoms with van der Waals surface area (Å²) in [6.45, 7) is 2.30. The minimum atomic E-state index is 0.274. The molecule has 1 aromatic heterocycles. The summed E-state index contributed by atoms with van der Waals surface area (Å²) in [5.41, 5.74) is 1.51. The second-order valence-corrected chi connectivity index (χ2v) is 4.12. The fraction of sp³-hybridized carbons (Fsp3) is 0.583. The van der Waals surface area contributed by atoms with Crippen LogP contribution in [0.2, 0.25) is 0 Å².